The minimum absolute atomic E-state index is 0.236. The summed E-state index contributed by atoms with van der Waals surface area (Å²) in [5.41, 5.74) is 16.5. The molecule has 2 heterocycles. The Hall–Kier alpha value is -5.02. The Kier molecular flexibility index (Phi) is 14.7. The Labute approximate surface area is 393 Å². The highest BCUT2D eigenvalue weighted by molar-refractivity contribution is 7.90. The molecule has 0 saturated heterocycles. The van der Waals surface area contributed by atoms with E-state index in [4.69, 9.17) is 10.3 Å². The van der Waals surface area contributed by atoms with Crippen molar-refractivity contribution in [1.29, 1.82) is 0 Å². The molecule has 15 heteroatoms. The fraction of sp³-hybridized carbons (Fsp3) is 0.471. The topological polar surface area (TPSA) is 156 Å². The van der Waals surface area contributed by atoms with E-state index in [-0.39, 0.29) is 4.90 Å². The maximum atomic E-state index is 12.8. The van der Waals surface area contributed by atoms with Crippen molar-refractivity contribution in [1.82, 2.24) is 0 Å². The summed E-state index contributed by atoms with van der Waals surface area (Å²) < 4.78 is 73.2. The molecule has 6 rings (SSSR count). The van der Waals surface area contributed by atoms with Gasteiger partial charge in [-0.2, -0.15) is 4.58 Å². The molecule has 0 spiro atoms. The highest BCUT2D eigenvalue weighted by atomic mass is 32.2. The van der Waals surface area contributed by atoms with Gasteiger partial charge in [-0.05, 0) is 122 Å². The second kappa shape index (κ2) is 19.3. The molecule has 0 amide bonds. The molecule has 0 atom stereocenters. The third kappa shape index (κ3) is 11.7. The van der Waals surface area contributed by atoms with Gasteiger partial charge in [0, 0.05) is 65.2 Å². The number of rotatable bonds is 18. The predicted octanol–water partition coefficient (Wildman–Crippen LogP) is 9.10. The van der Waals surface area contributed by atoms with Gasteiger partial charge in [-0.15, -0.1) is 0 Å². The van der Waals surface area contributed by atoms with Crippen molar-refractivity contribution in [3.05, 3.63) is 135 Å². The third-order valence-electron chi connectivity index (χ3n) is 12.9. The van der Waals surface area contributed by atoms with Crippen molar-refractivity contribution in [2.75, 3.05) is 86.2 Å². The standard InChI is InChI=1S/C51H69N7O6S2/c1-50(2)43-35-41(65(11,59)60)23-25-45(43)55(31-13-33-57(5,6)7)47(50)27-19-38-15-12-16-39(49(38)64-40-21-17-37(18-22-40)29-30-53-54-52)20-28-48-51(3,4)44-36-42(66(61,62)63)24-26-46(44)56(48)32-14-34-58(8,9)10/h17-28,35-36H,12-16,29-34H2,1-11H3/q+2. The SMILES string of the molecule is CC1(C)C(=CC=C2CCCC(C=CC3=[N+](CCC[N+](C)(C)C)c4ccc(S(C)(=O)=O)cc4C3(C)C)=C2Oc2ccc(CCN=[N+]=[N-])cc2)N(CCC[N+](C)(C)C)c2ccc(S(=O)(=O)[O-])cc21. The van der Waals surface area contributed by atoms with Crippen molar-refractivity contribution < 1.29 is 39.7 Å². The molecule has 3 aromatic carbocycles. The van der Waals surface area contributed by atoms with Gasteiger partial charge >= 0.3 is 0 Å². The molecule has 0 saturated carbocycles. The lowest BCUT2D eigenvalue weighted by Crippen LogP contribution is -2.37. The van der Waals surface area contributed by atoms with Crippen LogP contribution in [0.15, 0.2) is 122 Å². The molecule has 0 unspecified atom stereocenters. The second-order valence-electron chi connectivity index (χ2n) is 21.0. The number of benzene rings is 3. The summed E-state index contributed by atoms with van der Waals surface area (Å²) in [7, 11) is 4.97. The van der Waals surface area contributed by atoms with Crippen LogP contribution in [0.3, 0.4) is 0 Å². The van der Waals surface area contributed by atoms with Crippen LogP contribution < -0.4 is 9.64 Å². The molecular formula is C51H69N7O6S2+2. The lowest BCUT2D eigenvalue weighted by Gasteiger charge is -2.29. The number of anilines is 1. The van der Waals surface area contributed by atoms with Crippen LogP contribution in [0, 0.1) is 0 Å². The van der Waals surface area contributed by atoms with E-state index in [0.29, 0.717) is 30.2 Å². The van der Waals surface area contributed by atoms with Gasteiger partial charge in [0.25, 0.3) is 0 Å². The fourth-order valence-corrected chi connectivity index (χ4v) is 10.5. The van der Waals surface area contributed by atoms with Crippen molar-refractivity contribution in [3.8, 4) is 5.75 Å². The fourth-order valence-electron chi connectivity index (χ4n) is 9.36. The second-order valence-corrected chi connectivity index (χ2v) is 24.4. The number of hydrogen-bond acceptors (Lipinski definition) is 8. The summed E-state index contributed by atoms with van der Waals surface area (Å²) in [6, 6.07) is 18.1. The lowest BCUT2D eigenvalue weighted by atomic mass is 9.81. The van der Waals surface area contributed by atoms with E-state index < -0.39 is 30.8 Å². The van der Waals surface area contributed by atoms with Crippen LogP contribution in [0.1, 0.15) is 76.5 Å². The van der Waals surface area contributed by atoms with Crippen LogP contribution >= 0.6 is 0 Å². The van der Waals surface area contributed by atoms with Crippen molar-refractivity contribution in [3.63, 3.8) is 0 Å². The number of fused-ring (bicyclic) bond motifs is 2. The number of ether oxygens (including phenoxy) is 1. The molecule has 0 bridgehead atoms. The van der Waals surface area contributed by atoms with Gasteiger partial charge in [-0.3, -0.25) is 0 Å². The van der Waals surface area contributed by atoms with Crippen LogP contribution in [0.5, 0.6) is 5.75 Å². The van der Waals surface area contributed by atoms with E-state index in [1.165, 1.54) is 12.3 Å². The van der Waals surface area contributed by atoms with E-state index in [0.717, 1.165) is 117 Å². The Morgan fingerprint density at radius 3 is 2.12 bits per heavy atom. The summed E-state index contributed by atoms with van der Waals surface area (Å²) in [6.45, 7) is 12.2. The monoisotopic (exact) mass is 939 g/mol. The zero-order valence-corrected chi connectivity index (χ0v) is 42.4. The van der Waals surface area contributed by atoms with Crippen LogP contribution in [0.25, 0.3) is 10.4 Å². The molecular weight excluding hydrogens is 871 g/mol. The minimum atomic E-state index is -4.66. The number of azide groups is 1. The quantitative estimate of drug-likeness (QED) is 0.0308. The average Bonchev–Trinajstić information content (AvgIpc) is 3.56. The lowest BCUT2D eigenvalue weighted by molar-refractivity contribution is -0.871. The molecule has 3 aliphatic rings. The predicted molar refractivity (Wildman–Crippen MR) is 263 cm³/mol. The van der Waals surface area contributed by atoms with E-state index in [1.54, 1.807) is 18.2 Å². The van der Waals surface area contributed by atoms with E-state index in [9.17, 15) is 21.4 Å². The van der Waals surface area contributed by atoms with E-state index in [1.807, 2.05) is 36.4 Å². The Bertz CT molecular complexity index is 2780. The van der Waals surface area contributed by atoms with E-state index >= 15 is 0 Å². The van der Waals surface area contributed by atoms with Gasteiger partial charge in [0.05, 0.1) is 77.0 Å². The maximum Gasteiger partial charge on any atom is 0.209 e. The van der Waals surface area contributed by atoms with Crippen LogP contribution in [0.2, 0.25) is 0 Å². The van der Waals surface area contributed by atoms with Gasteiger partial charge < -0.3 is 23.2 Å². The van der Waals surface area contributed by atoms with Crippen molar-refractivity contribution >= 4 is 37.0 Å². The normalized spacial score (nSPS) is 18.6. The maximum absolute atomic E-state index is 12.8. The Morgan fingerprint density at radius 2 is 1.48 bits per heavy atom. The molecule has 0 N–H and O–H groups in total. The van der Waals surface area contributed by atoms with Gasteiger partial charge in [0.1, 0.15) is 21.6 Å². The Morgan fingerprint density at radius 1 is 0.833 bits per heavy atom. The molecule has 3 aromatic rings. The highest BCUT2D eigenvalue weighted by Gasteiger charge is 2.45. The molecule has 66 heavy (non-hydrogen) atoms. The van der Waals surface area contributed by atoms with Crippen LogP contribution in [0.4, 0.5) is 11.4 Å². The van der Waals surface area contributed by atoms with Gasteiger partial charge in [-0.25, -0.2) is 16.8 Å². The van der Waals surface area contributed by atoms with Gasteiger partial charge in [-0.1, -0.05) is 37.2 Å². The largest absolute Gasteiger partial charge is 0.744 e. The Balaban J connectivity index is 1.48. The number of nitrogens with zero attached hydrogens (tertiary/aromatic N) is 7. The van der Waals surface area contributed by atoms with Crippen LogP contribution in [-0.2, 0) is 37.2 Å². The van der Waals surface area contributed by atoms with Crippen LogP contribution in [-0.4, -0.2) is 122 Å². The minimum Gasteiger partial charge on any atom is -0.744 e. The van der Waals surface area contributed by atoms with Gasteiger partial charge in [0.15, 0.2) is 22.1 Å². The summed E-state index contributed by atoms with van der Waals surface area (Å²) in [5, 5.41) is 3.69. The first-order valence-corrected chi connectivity index (χ1v) is 26.1. The first kappa shape index (κ1) is 50.4. The number of sulfone groups is 1. The third-order valence-corrected chi connectivity index (χ3v) is 14.9. The number of allylic oxidation sites excluding steroid dienone is 7. The summed E-state index contributed by atoms with van der Waals surface area (Å²) >= 11 is 0. The highest BCUT2D eigenvalue weighted by Crippen LogP contribution is 2.49. The first-order chi connectivity index (χ1) is 30.7. The van der Waals surface area contributed by atoms with Gasteiger partial charge in [0.2, 0.25) is 5.69 Å². The first-order valence-electron chi connectivity index (χ1n) is 22.8. The van der Waals surface area contributed by atoms with Crippen molar-refractivity contribution in [2.24, 2.45) is 5.11 Å². The molecule has 0 aromatic heterocycles. The van der Waals surface area contributed by atoms with E-state index in [2.05, 4.69) is 114 Å². The zero-order valence-electron chi connectivity index (χ0n) is 40.8. The molecule has 0 radical (unpaired) electrons. The summed E-state index contributed by atoms with van der Waals surface area (Å²) in [6.07, 6.45) is 14.7. The summed E-state index contributed by atoms with van der Waals surface area (Å²) in [5.74, 6) is 1.42. The summed E-state index contributed by atoms with van der Waals surface area (Å²) in [4.78, 5) is 5.23. The zero-order chi connectivity index (χ0) is 48.5. The molecule has 1 aliphatic carbocycles. The average molecular weight is 940 g/mol. The molecule has 13 nitrogen and oxygen atoms in total. The number of quaternary nitrogens is 2. The smallest absolute Gasteiger partial charge is 0.209 e. The molecule has 2 aliphatic heterocycles. The number of hydrogen-bond donors (Lipinski definition) is 0. The molecule has 0 fully saturated rings. The van der Waals surface area contributed by atoms with Crippen molar-refractivity contribution in [2.45, 2.75) is 86.8 Å². The molecule has 354 valence electrons.